The number of allylic oxidation sites excluding steroid dienone is 2. The number of fused-ring (bicyclic) bond motifs is 1. The van der Waals surface area contributed by atoms with Crippen LogP contribution in [-0.4, -0.2) is 70.0 Å². The molecule has 4 N–H and O–H groups in total. The molecule has 0 saturated carbocycles. The molecule has 3 heterocycles. The number of benzene rings is 2. The van der Waals surface area contributed by atoms with Crippen LogP contribution < -0.4 is 10.7 Å². The molecular weight excluding hydrogens is 518 g/mol. The van der Waals surface area contributed by atoms with Crippen molar-refractivity contribution in [1.29, 1.82) is 5.41 Å². The number of carbonyl (C=O) groups excluding carboxylic acids is 2. The van der Waals surface area contributed by atoms with Crippen molar-refractivity contribution < 1.29 is 19.4 Å². The summed E-state index contributed by atoms with van der Waals surface area (Å²) in [5, 5.41) is 24.7. The number of urea groups is 1. The molecule has 0 spiro atoms. The average molecular weight is 547 g/mol. The van der Waals surface area contributed by atoms with E-state index in [1.54, 1.807) is 29.2 Å². The van der Waals surface area contributed by atoms with Gasteiger partial charge in [0.1, 0.15) is 6.42 Å². The van der Waals surface area contributed by atoms with E-state index >= 15 is 0 Å². The minimum absolute atomic E-state index is 0.0155. The van der Waals surface area contributed by atoms with Crippen LogP contribution in [0, 0.1) is 5.41 Å². The number of carbonyl (C=O) groups is 2. The van der Waals surface area contributed by atoms with Crippen LogP contribution >= 0.6 is 11.6 Å². The molecule has 1 aromatic heterocycles. The number of halogens is 1. The van der Waals surface area contributed by atoms with Gasteiger partial charge < -0.3 is 24.9 Å². The van der Waals surface area contributed by atoms with Crippen molar-refractivity contribution >= 4 is 47.2 Å². The van der Waals surface area contributed by atoms with Crippen molar-refractivity contribution in [2.24, 2.45) is 0 Å². The van der Waals surface area contributed by atoms with Gasteiger partial charge in [0, 0.05) is 59.8 Å². The van der Waals surface area contributed by atoms with Crippen LogP contribution in [0.4, 0.5) is 10.5 Å². The number of para-hydroxylation sites is 1. The number of amides is 3. The molecule has 5 rings (SSSR count). The van der Waals surface area contributed by atoms with Gasteiger partial charge in [-0.25, -0.2) is 4.79 Å². The molecule has 0 bridgehead atoms. The first kappa shape index (κ1) is 26.3. The summed E-state index contributed by atoms with van der Waals surface area (Å²) in [4.78, 5) is 29.6. The number of hydrogen-bond acceptors (Lipinski definition) is 6. The molecule has 0 unspecified atom stereocenters. The van der Waals surface area contributed by atoms with Crippen molar-refractivity contribution in [3.05, 3.63) is 70.6 Å². The maximum atomic E-state index is 13.0. The standard InChI is InChI=1S/C28H28ClN7O3/c29-22-14-20(19(17-31)5-9-30)13-21(15-22)27-34-33-25(39-27)16-26(37)35-10-7-23(8-11-35)36-12-6-18-3-1-2-4-24(18)32-28(36)38/h1-5,9,13-15,17,23,30-31H,6-8,10-12,16H2,(H,32,38)/p+1/b19-5+,30-9?,31-17?. The molecule has 3 aromatic rings. The Morgan fingerprint density at radius 2 is 1.97 bits per heavy atom. The Morgan fingerprint density at radius 1 is 1.18 bits per heavy atom. The zero-order chi connectivity index (χ0) is 27.4. The lowest BCUT2D eigenvalue weighted by Gasteiger charge is -2.37. The number of nitrogens with two attached hydrogens (primary N) is 1. The second kappa shape index (κ2) is 11.6. The van der Waals surface area contributed by atoms with Crippen LogP contribution in [-0.2, 0) is 17.6 Å². The summed E-state index contributed by atoms with van der Waals surface area (Å²) in [6, 6.07) is 13.0. The molecule has 0 radical (unpaired) electrons. The maximum absolute atomic E-state index is 13.0. The van der Waals surface area contributed by atoms with E-state index in [0.29, 0.717) is 54.2 Å². The number of likely N-dealkylation sites (tertiary alicyclic amines) is 1. The second-order valence-electron chi connectivity index (χ2n) is 9.51. The Hall–Kier alpha value is -4.31. The third kappa shape index (κ3) is 5.91. The molecule has 0 atom stereocenters. The Labute approximate surface area is 230 Å². The lowest BCUT2D eigenvalue weighted by Crippen LogP contribution is -2.50. The van der Waals surface area contributed by atoms with Crippen LogP contribution in [0.25, 0.3) is 17.0 Å². The minimum Gasteiger partial charge on any atom is -0.420 e. The largest absolute Gasteiger partial charge is 0.420 e. The third-order valence-electron chi connectivity index (χ3n) is 7.08. The van der Waals surface area contributed by atoms with Gasteiger partial charge in [-0.05, 0) is 54.7 Å². The number of piperidine rings is 1. The number of aromatic nitrogens is 2. The second-order valence-corrected chi connectivity index (χ2v) is 9.94. The van der Waals surface area contributed by atoms with Crippen molar-refractivity contribution in [3.8, 4) is 11.5 Å². The van der Waals surface area contributed by atoms with E-state index in [2.05, 4.69) is 15.5 Å². The zero-order valence-corrected chi connectivity index (χ0v) is 22.0. The maximum Gasteiger partial charge on any atom is 0.322 e. The summed E-state index contributed by atoms with van der Waals surface area (Å²) in [6.07, 6.45) is 6.32. The molecule has 1 saturated heterocycles. The fraction of sp³-hybridized carbons (Fsp3) is 0.286. The molecule has 1 fully saturated rings. The van der Waals surface area contributed by atoms with Gasteiger partial charge in [0.15, 0.2) is 6.21 Å². The van der Waals surface area contributed by atoms with Gasteiger partial charge in [-0.2, -0.15) is 0 Å². The van der Waals surface area contributed by atoms with E-state index < -0.39 is 0 Å². The van der Waals surface area contributed by atoms with E-state index in [1.165, 1.54) is 12.4 Å². The van der Waals surface area contributed by atoms with E-state index in [-0.39, 0.29) is 36.2 Å². The van der Waals surface area contributed by atoms with E-state index in [0.717, 1.165) is 17.7 Å². The van der Waals surface area contributed by atoms with Crippen molar-refractivity contribution in [3.63, 3.8) is 0 Å². The van der Waals surface area contributed by atoms with Crippen molar-refractivity contribution in [2.75, 3.05) is 25.0 Å². The first-order valence-corrected chi connectivity index (χ1v) is 13.2. The van der Waals surface area contributed by atoms with Gasteiger partial charge >= 0.3 is 6.03 Å². The normalized spacial score (nSPS) is 16.3. The Bertz CT molecular complexity index is 1440. The highest BCUT2D eigenvalue weighted by atomic mass is 35.5. The van der Waals surface area contributed by atoms with Gasteiger partial charge in [0.25, 0.3) is 0 Å². The number of nitrogens with zero attached hydrogens (tertiary/aromatic N) is 4. The highest BCUT2D eigenvalue weighted by Crippen LogP contribution is 2.28. The molecule has 11 heteroatoms. The smallest absolute Gasteiger partial charge is 0.322 e. The topological polar surface area (TPSA) is 141 Å². The van der Waals surface area contributed by atoms with Gasteiger partial charge in [-0.3, -0.25) is 10.2 Å². The molecule has 2 aromatic carbocycles. The first-order valence-electron chi connectivity index (χ1n) is 12.8. The van der Waals surface area contributed by atoms with Crippen LogP contribution in [0.15, 0.2) is 53.0 Å². The Kier molecular flexibility index (Phi) is 7.83. The highest BCUT2D eigenvalue weighted by molar-refractivity contribution is 6.31. The predicted molar refractivity (Wildman–Crippen MR) is 149 cm³/mol. The Balaban J connectivity index is 1.19. The number of hydrogen-bond donors (Lipinski definition) is 3. The fourth-order valence-corrected chi connectivity index (χ4v) is 5.29. The molecule has 2 aliphatic heterocycles. The molecule has 200 valence electrons. The summed E-state index contributed by atoms with van der Waals surface area (Å²) >= 11 is 6.28. The van der Waals surface area contributed by atoms with Gasteiger partial charge in [-0.15, -0.1) is 10.2 Å². The SMILES string of the molecule is N=C/C(=C\C=[NH2+])c1cc(Cl)cc(-c2nnc(CC(=O)N3CCC(N4CCc5ccccc5NC4=O)CC3)o2)c1. The number of nitrogens with one attached hydrogen (secondary N) is 2. The van der Waals surface area contributed by atoms with Crippen molar-refractivity contribution in [2.45, 2.75) is 31.7 Å². The van der Waals surface area contributed by atoms with Crippen LogP contribution in [0.2, 0.25) is 5.02 Å². The summed E-state index contributed by atoms with van der Waals surface area (Å²) in [5.41, 5.74) is 3.82. The lowest BCUT2D eigenvalue weighted by molar-refractivity contribution is -0.132. The molecule has 10 nitrogen and oxygen atoms in total. The monoisotopic (exact) mass is 546 g/mol. The number of anilines is 1. The molecule has 3 amide bonds. The molecule has 0 aliphatic carbocycles. The quantitative estimate of drug-likeness (QED) is 0.391. The highest BCUT2D eigenvalue weighted by Gasteiger charge is 2.31. The predicted octanol–water partition coefficient (Wildman–Crippen LogP) is 2.88. The van der Waals surface area contributed by atoms with Gasteiger partial charge in [-0.1, -0.05) is 29.8 Å². The minimum atomic E-state index is -0.101. The summed E-state index contributed by atoms with van der Waals surface area (Å²) in [7, 11) is 0. The average Bonchev–Trinajstić information content (AvgIpc) is 3.34. The summed E-state index contributed by atoms with van der Waals surface area (Å²) in [6.45, 7) is 1.75. The van der Waals surface area contributed by atoms with Crippen molar-refractivity contribution in [1.82, 2.24) is 20.0 Å². The van der Waals surface area contributed by atoms with Crippen LogP contribution in [0.5, 0.6) is 0 Å². The summed E-state index contributed by atoms with van der Waals surface area (Å²) in [5.74, 6) is 0.339. The zero-order valence-electron chi connectivity index (χ0n) is 21.3. The van der Waals surface area contributed by atoms with Gasteiger partial charge in [0.2, 0.25) is 17.7 Å². The molecule has 2 aliphatic rings. The molecule has 39 heavy (non-hydrogen) atoms. The Morgan fingerprint density at radius 3 is 2.74 bits per heavy atom. The molecular formula is C28H29ClN7O3+. The van der Waals surface area contributed by atoms with Crippen LogP contribution in [0.3, 0.4) is 0 Å². The third-order valence-corrected chi connectivity index (χ3v) is 7.30. The summed E-state index contributed by atoms with van der Waals surface area (Å²) < 4.78 is 5.79. The van der Waals surface area contributed by atoms with E-state index in [1.807, 2.05) is 29.2 Å². The van der Waals surface area contributed by atoms with Crippen LogP contribution in [0.1, 0.15) is 29.9 Å². The van der Waals surface area contributed by atoms with Gasteiger partial charge in [0.05, 0.1) is 0 Å². The first-order chi connectivity index (χ1) is 18.9. The van der Waals surface area contributed by atoms with E-state index in [4.69, 9.17) is 26.8 Å². The van der Waals surface area contributed by atoms with E-state index in [9.17, 15) is 9.59 Å². The lowest BCUT2D eigenvalue weighted by atomic mass is 10.0. The number of rotatable bonds is 7. The fourth-order valence-electron chi connectivity index (χ4n) is 5.06.